The summed E-state index contributed by atoms with van der Waals surface area (Å²) in [6.07, 6.45) is 1.81. The highest BCUT2D eigenvalue weighted by molar-refractivity contribution is 7.89. The zero-order chi connectivity index (χ0) is 18.6. The molecular weight excluding hydrogens is 378 g/mol. The van der Waals surface area contributed by atoms with Crippen LogP contribution in [-0.2, 0) is 21.4 Å². The molecule has 10 heteroatoms. The smallest absolute Gasteiger partial charge is 0.240 e. The number of aromatic nitrogens is 3. The average molecular weight is 394 g/mol. The van der Waals surface area contributed by atoms with Crippen LogP contribution in [0.5, 0.6) is 0 Å². The van der Waals surface area contributed by atoms with Gasteiger partial charge in [0.2, 0.25) is 15.9 Å². The summed E-state index contributed by atoms with van der Waals surface area (Å²) in [7, 11) is -3.67. The minimum absolute atomic E-state index is 0.00353. The molecule has 2 aromatic heterocycles. The van der Waals surface area contributed by atoms with Crippen LogP contribution in [-0.4, -0.2) is 35.5 Å². The third-order valence-electron chi connectivity index (χ3n) is 3.60. The number of hydrogen-bond donors (Lipinski definition) is 2. The Bertz CT molecular complexity index is 1020. The van der Waals surface area contributed by atoms with E-state index in [-0.39, 0.29) is 30.3 Å². The van der Waals surface area contributed by atoms with Crippen LogP contribution in [0.1, 0.15) is 12.2 Å². The molecule has 136 valence electrons. The Morgan fingerprint density at radius 1 is 1.12 bits per heavy atom. The van der Waals surface area contributed by atoms with Gasteiger partial charge in [0.15, 0.2) is 11.5 Å². The first kappa shape index (κ1) is 18.3. The Labute approximate surface area is 155 Å². The summed E-state index contributed by atoms with van der Waals surface area (Å²) in [4.78, 5) is 12.0. The zero-order valence-corrected chi connectivity index (χ0v) is 15.2. The lowest BCUT2D eigenvalue weighted by Gasteiger charge is -2.07. The molecule has 0 fully saturated rings. The Morgan fingerprint density at radius 3 is 2.65 bits per heavy atom. The fourth-order valence-corrected chi connectivity index (χ4v) is 3.43. The second-order valence-corrected chi connectivity index (χ2v) is 7.63. The Balaban J connectivity index is 1.49. The number of nitrogens with one attached hydrogen (secondary N) is 2. The van der Waals surface area contributed by atoms with Crippen LogP contribution in [0.2, 0.25) is 5.02 Å². The molecule has 0 unspecified atom stereocenters. The van der Waals surface area contributed by atoms with Gasteiger partial charge in [-0.25, -0.2) is 13.1 Å². The SMILES string of the molecule is O=C(CCNS(=O)(=O)c1ccc(Cl)cc1)NCc1nnc2ccccn12. The second-order valence-electron chi connectivity index (χ2n) is 5.42. The van der Waals surface area contributed by atoms with Crippen LogP contribution >= 0.6 is 11.6 Å². The molecule has 0 aliphatic heterocycles. The van der Waals surface area contributed by atoms with E-state index >= 15 is 0 Å². The average Bonchev–Trinajstić information content (AvgIpc) is 3.03. The van der Waals surface area contributed by atoms with Gasteiger partial charge in [0.05, 0.1) is 11.4 Å². The number of fused-ring (bicyclic) bond motifs is 1. The summed E-state index contributed by atoms with van der Waals surface area (Å²) in [5, 5.41) is 11.1. The van der Waals surface area contributed by atoms with Gasteiger partial charge in [-0.2, -0.15) is 0 Å². The number of carbonyl (C=O) groups excluding carboxylic acids is 1. The van der Waals surface area contributed by atoms with Gasteiger partial charge in [-0.1, -0.05) is 17.7 Å². The molecule has 3 aromatic rings. The van der Waals surface area contributed by atoms with Crippen molar-refractivity contribution in [2.24, 2.45) is 0 Å². The number of halogens is 1. The number of carbonyl (C=O) groups is 1. The van der Waals surface area contributed by atoms with E-state index in [4.69, 9.17) is 11.6 Å². The van der Waals surface area contributed by atoms with E-state index in [1.807, 2.05) is 18.2 Å². The maximum atomic E-state index is 12.1. The second kappa shape index (κ2) is 7.81. The van der Waals surface area contributed by atoms with Crippen LogP contribution < -0.4 is 10.0 Å². The van der Waals surface area contributed by atoms with E-state index in [0.29, 0.717) is 16.5 Å². The van der Waals surface area contributed by atoms with Crippen LogP contribution in [0.15, 0.2) is 53.6 Å². The molecule has 3 rings (SSSR count). The van der Waals surface area contributed by atoms with Crippen molar-refractivity contribution in [3.63, 3.8) is 0 Å². The third kappa shape index (κ3) is 4.37. The maximum absolute atomic E-state index is 12.1. The number of pyridine rings is 1. The van der Waals surface area contributed by atoms with Crippen LogP contribution in [0.4, 0.5) is 0 Å². The Kier molecular flexibility index (Phi) is 5.50. The van der Waals surface area contributed by atoms with Crippen molar-refractivity contribution < 1.29 is 13.2 Å². The topological polar surface area (TPSA) is 105 Å². The maximum Gasteiger partial charge on any atom is 0.240 e. The highest BCUT2D eigenvalue weighted by atomic mass is 35.5. The van der Waals surface area contributed by atoms with E-state index in [9.17, 15) is 13.2 Å². The summed E-state index contributed by atoms with van der Waals surface area (Å²) < 4.78 is 28.4. The quantitative estimate of drug-likeness (QED) is 0.630. The number of hydrogen-bond acceptors (Lipinski definition) is 5. The van der Waals surface area contributed by atoms with Gasteiger partial charge in [0.25, 0.3) is 0 Å². The molecule has 0 saturated carbocycles. The molecule has 0 aliphatic carbocycles. The minimum Gasteiger partial charge on any atom is -0.349 e. The molecule has 2 heterocycles. The third-order valence-corrected chi connectivity index (χ3v) is 5.32. The van der Waals surface area contributed by atoms with E-state index < -0.39 is 10.0 Å². The van der Waals surface area contributed by atoms with Crippen molar-refractivity contribution in [3.05, 3.63) is 59.5 Å². The van der Waals surface area contributed by atoms with Crippen LogP contribution in [0, 0.1) is 0 Å². The van der Waals surface area contributed by atoms with Gasteiger partial charge in [0, 0.05) is 24.2 Å². The van der Waals surface area contributed by atoms with Crippen LogP contribution in [0.25, 0.3) is 5.65 Å². The summed E-state index contributed by atoms with van der Waals surface area (Å²) in [6, 6.07) is 11.3. The molecule has 0 radical (unpaired) electrons. The Morgan fingerprint density at radius 2 is 1.88 bits per heavy atom. The van der Waals surface area contributed by atoms with Gasteiger partial charge in [-0.05, 0) is 36.4 Å². The predicted octanol–water partition coefficient (Wildman–Crippen LogP) is 1.37. The highest BCUT2D eigenvalue weighted by Crippen LogP contribution is 2.13. The largest absolute Gasteiger partial charge is 0.349 e. The molecule has 0 atom stereocenters. The number of amides is 1. The summed E-state index contributed by atoms with van der Waals surface area (Å²) >= 11 is 5.74. The Hall–Kier alpha value is -2.49. The van der Waals surface area contributed by atoms with Crippen molar-refractivity contribution in [1.29, 1.82) is 0 Å². The molecule has 8 nitrogen and oxygen atoms in total. The van der Waals surface area contributed by atoms with Gasteiger partial charge >= 0.3 is 0 Å². The number of sulfonamides is 1. The van der Waals surface area contributed by atoms with E-state index in [1.54, 1.807) is 10.6 Å². The number of benzene rings is 1. The molecule has 26 heavy (non-hydrogen) atoms. The van der Waals surface area contributed by atoms with Crippen LogP contribution in [0.3, 0.4) is 0 Å². The minimum atomic E-state index is -3.67. The predicted molar refractivity (Wildman–Crippen MR) is 96.1 cm³/mol. The molecular formula is C16H16ClN5O3S. The lowest BCUT2D eigenvalue weighted by atomic mass is 10.4. The van der Waals surface area contributed by atoms with Gasteiger partial charge in [0.1, 0.15) is 0 Å². The monoisotopic (exact) mass is 393 g/mol. The molecule has 2 N–H and O–H groups in total. The molecule has 0 bridgehead atoms. The first-order valence-corrected chi connectivity index (χ1v) is 9.62. The van der Waals surface area contributed by atoms with Crippen molar-refractivity contribution in [3.8, 4) is 0 Å². The van der Waals surface area contributed by atoms with Gasteiger partial charge in [-0.15, -0.1) is 10.2 Å². The van der Waals surface area contributed by atoms with E-state index in [1.165, 1.54) is 24.3 Å². The van der Waals surface area contributed by atoms with Crippen molar-refractivity contribution in [2.75, 3.05) is 6.54 Å². The van der Waals surface area contributed by atoms with Gasteiger partial charge < -0.3 is 5.32 Å². The normalized spacial score (nSPS) is 11.6. The van der Waals surface area contributed by atoms with E-state index in [0.717, 1.165) is 0 Å². The zero-order valence-electron chi connectivity index (χ0n) is 13.6. The van der Waals surface area contributed by atoms with Crippen molar-refractivity contribution in [2.45, 2.75) is 17.9 Å². The van der Waals surface area contributed by atoms with Crippen molar-refractivity contribution in [1.82, 2.24) is 24.6 Å². The lowest BCUT2D eigenvalue weighted by Crippen LogP contribution is -2.31. The fraction of sp³-hybridized carbons (Fsp3) is 0.188. The lowest BCUT2D eigenvalue weighted by molar-refractivity contribution is -0.121. The summed E-state index contributed by atoms with van der Waals surface area (Å²) in [6.45, 7) is 0.186. The summed E-state index contributed by atoms with van der Waals surface area (Å²) in [5.41, 5.74) is 0.687. The van der Waals surface area contributed by atoms with Crippen molar-refractivity contribution >= 4 is 33.2 Å². The number of nitrogens with zero attached hydrogens (tertiary/aromatic N) is 3. The fourth-order valence-electron chi connectivity index (χ4n) is 2.27. The molecule has 0 spiro atoms. The summed E-state index contributed by atoms with van der Waals surface area (Å²) in [5.74, 6) is 0.298. The first-order valence-electron chi connectivity index (χ1n) is 7.76. The molecule has 1 amide bonds. The first-order chi connectivity index (χ1) is 12.5. The number of rotatable bonds is 7. The highest BCUT2D eigenvalue weighted by Gasteiger charge is 2.14. The van der Waals surface area contributed by atoms with E-state index in [2.05, 4.69) is 20.2 Å². The standard InChI is InChI=1S/C16H16ClN5O3S/c17-12-4-6-13(7-5-12)26(24,25)19-9-8-16(23)18-11-15-21-20-14-3-1-2-10-22(14)15/h1-7,10,19H,8-9,11H2,(H,18,23). The van der Waals surface area contributed by atoms with Gasteiger partial charge in [-0.3, -0.25) is 9.20 Å². The molecule has 0 saturated heterocycles. The molecule has 1 aromatic carbocycles. The molecule has 0 aliphatic rings.